The van der Waals surface area contributed by atoms with E-state index in [2.05, 4.69) is 43.3 Å². The maximum Gasteiger partial charge on any atom is 0.0361 e. The van der Waals surface area contributed by atoms with Crippen LogP contribution in [0.25, 0.3) is 0 Å². The number of benzene rings is 1. The Morgan fingerprint density at radius 3 is 2.21 bits per heavy atom. The second-order valence-corrected chi connectivity index (χ2v) is 4.35. The van der Waals surface area contributed by atoms with Crippen LogP contribution in [-0.4, -0.2) is 14.1 Å². The summed E-state index contributed by atoms with van der Waals surface area (Å²) in [5.74, 6) is 0.736. The van der Waals surface area contributed by atoms with E-state index in [0.717, 1.165) is 5.92 Å². The Morgan fingerprint density at radius 1 is 1.21 bits per heavy atom. The molecule has 1 fully saturated rings. The van der Waals surface area contributed by atoms with Crippen LogP contribution in [0.3, 0.4) is 0 Å². The number of nitrogens with two attached hydrogens (primary N) is 1. The molecule has 2 N–H and O–H groups in total. The molecule has 0 amide bonds. The van der Waals surface area contributed by atoms with Crippen molar-refractivity contribution in [1.82, 2.24) is 0 Å². The Balaban J connectivity index is 2.12. The molecule has 0 aliphatic heterocycles. The van der Waals surface area contributed by atoms with E-state index in [1.807, 2.05) is 0 Å². The first-order valence-corrected chi connectivity index (χ1v) is 5.21. The van der Waals surface area contributed by atoms with Crippen molar-refractivity contribution in [2.24, 2.45) is 11.7 Å². The highest BCUT2D eigenvalue weighted by atomic mass is 15.1. The van der Waals surface area contributed by atoms with Crippen LogP contribution in [0.1, 0.15) is 24.4 Å². The van der Waals surface area contributed by atoms with Gasteiger partial charge in [-0.05, 0) is 36.5 Å². The van der Waals surface area contributed by atoms with Crippen LogP contribution in [0.4, 0.5) is 5.69 Å². The molecular formula is C12H18N2. The van der Waals surface area contributed by atoms with E-state index in [-0.39, 0.29) is 6.04 Å². The van der Waals surface area contributed by atoms with Crippen LogP contribution in [0.5, 0.6) is 0 Å². The topological polar surface area (TPSA) is 29.3 Å². The van der Waals surface area contributed by atoms with Crippen molar-refractivity contribution >= 4 is 5.69 Å². The second kappa shape index (κ2) is 3.62. The van der Waals surface area contributed by atoms with Crippen LogP contribution >= 0.6 is 0 Å². The maximum absolute atomic E-state index is 6.11. The highest BCUT2D eigenvalue weighted by Crippen LogP contribution is 2.39. The summed E-state index contributed by atoms with van der Waals surface area (Å²) in [5, 5.41) is 0. The summed E-state index contributed by atoms with van der Waals surface area (Å²) in [6.45, 7) is 0. The molecule has 0 aromatic heterocycles. The van der Waals surface area contributed by atoms with Gasteiger partial charge in [0.2, 0.25) is 0 Å². The molecule has 2 nitrogen and oxygen atoms in total. The zero-order valence-corrected chi connectivity index (χ0v) is 8.90. The van der Waals surface area contributed by atoms with Gasteiger partial charge >= 0.3 is 0 Å². The van der Waals surface area contributed by atoms with Gasteiger partial charge in [0.15, 0.2) is 0 Å². The number of anilines is 1. The summed E-state index contributed by atoms with van der Waals surface area (Å²) in [6.07, 6.45) is 2.60. The zero-order chi connectivity index (χ0) is 10.1. The quantitative estimate of drug-likeness (QED) is 0.791. The Hall–Kier alpha value is -1.02. The van der Waals surface area contributed by atoms with Crippen molar-refractivity contribution < 1.29 is 0 Å². The third kappa shape index (κ3) is 1.90. The predicted molar refractivity (Wildman–Crippen MR) is 60.4 cm³/mol. The van der Waals surface area contributed by atoms with Gasteiger partial charge in [0, 0.05) is 25.8 Å². The molecule has 1 aromatic carbocycles. The van der Waals surface area contributed by atoms with Crippen molar-refractivity contribution in [1.29, 1.82) is 0 Å². The van der Waals surface area contributed by atoms with Gasteiger partial charge in [0.25, 0.3) is 0 Å². The maximum atomic E-state index is 6.11. The lowest BCUT2D eigenvalue weighted by Crippen LogP contribution is -2.13. The summed E-state index contributed by atoms with van der Waals surface area (Å²) in [7, 11) is 4.10. The Morgan fingerprint density at radius 2 is 1.79 bits per heavy atom. The minimum absolute atomic E-state index is 0.256. The van der Waals surface area contributed by atoms with Crippen molar-refractivity contribution in [3.8, 4) is 0 Å². The van der Waals surface area contributed by atoms with Gasteiger partial charge < -0.3 is 10.6 Å². The molecular weight excluding hydrogens is 172 g/mol. The monoisotopic (exact) mass is 190 g/mol. The molecule has 0 heterocycles. The average molecular weight is 190 g/mol. The fourth-order valence-electron chi connectivity index (χ4n) is 1.72. The lowest BCUT2D eigenvalue weighted by molar-refractivity contribution is 0.633. The minimum atomic E-state index is 0.256. The van der Waals surface area contributed by atoms with Gasteiger partial charge in [-0.2, -0.15) is 0 Å². The smallest absolute Gasteiger partial charge is 0.0361 e. The third-order valence-electron chi connectivity index (χ3n) is 2.92. The first-order chi connectivity index (χ1) is 6.68. The first-order valence-electron chi connectivity index (χ1n) is 5.21. The summed E-state index contributed by atoms with van der Waals surface area (Å²) in [4.78, 5) is 2.10. The fourth-order valence-corrected chi connectivity index (χ4v) is 1.72. The standard InChI is InChI=1S/C12H18N2/c1-14(2)11-7-5-10(6-8-11)12(13)9-3-4-9/h5-9,12H,3-4,13H2,1-2H3/t12-/m0/s1. The summed E-state index contributed by atoms with van der Waals surface area (Å²) >= 11 is 0. The van der Waals surface area contributed by atoms with Crippen LogP contribution < -0.4 is 10.6 Å². The van der Waals surface area contributed by atoms with Crippen molar-refractivity contribution in [3.05, 3.63) is 29.8 Å². The summed E-state index contributed by atoms with van der Waals surface area (Å²) < 4.78 is 0. The van der Waals surface area contributed by atoms with E-state index in [9.17, 15) is 0 Å². The molecule has 1 aliphatic rings. The molecule has 0 saturated heterocycles. The van der Waals surface area contributed by atoms with E-state index < -0.39 is 0 Å². The minimum Gasteiger partial charge on any atom is -0.378 e. The summed E-state index contributed by atoms with van der Waals surface area (Å²) in [6, 6.07) is 8.83. The SMILES string of the molecule is CN(C)c1ccc([C@@H](N)C2CC2)cc1. The van der Waals surface area contributed by atoms with Gasteiger partial charge in [-0.1, -0.05) is 12.1 Å². The van der Waals surface area contributed by atoms with Gasteiger partial charge in [-0.15, -0.1) is 0 Å². The normalized spacial score (nSPS) is 17.9. The molecule has 0 unspecified atom stereocenters. The molecule has 1 saturated carbocycles. The third-order valence-corrected chi connectivity index (χ3v) is 2.92. The van der Waals surface area contributed by atoms with Gasteiger partial charge in [0.1, 0.15) is 0 Å². The number of rotatable bonds is 3. The van der Waals surface area contributed by atoms with Gasteiger partial charge in [-0.25, -0.2) is 0 Å². The Bertz CT molecular complexity index is 299. The van der Waals surface area contributed by atoms with E-state index in [0.29, 0.717) is 0 Å². The van der Waals surface area contributed by atoms with Crippen LogP contribution in [0.2, 0.25) is 0 Å². The van der Waals surface area contributed by atoms with Crippen molar-refractivity contribution in [2.75, 3.05) is 19.0 Å². The number of hydrogen-bond donors (Lipinski definition) is 1. The lowest BCUT2D eigenvalue weighted by Gasteiger charge is -2.15. The molecule has 1 atom stereocenters. The van der Waals surface area contributed by atoms with Crippen LogP contribution in [-0.2, 0) is 0 Å². The van der Waals surface area contributed by atoms with E-state index in [1.165, 1.54) is 24.1 Å². The fraction of sp³-hybridized carbons (Fsp3) is 0.500. The predicted octanol–water partition coefficient (Wildman–Crippen LogP) is 2.16. The van der Waals surface area contributed by atoms with E-state index in [1.54, 1.807) is 0 Å². The number of nitrogens with zero attached hydrogens (tertiary/aromatic N) is 1. The molecule has 2 rings (SSSR count). The zero-order valence-electron chi connectivity index (χ0n) is 8.90. The van der Waals surface area contributed by atoms with Crippen molar-refractivity contribution in [3.63, 3.8) is 0 Å². The summed E-state index contributed by atoms with van der Waals surface area (Å²) in [5.41, 5.74) is 8.62. The molecule has 1 aromatic rings. The highest BCUT2D eigenvalue weighted by Gasteiger charge is 2.29. The average Bonchev–Trinajstić information content (AvgIpc) is 3.00. The molecule has 0 spiro atoms. The highest BCUT2D eigenvalue weighted by molar-refractivity contribution is 5.46. The largest absolute Gasteiger partial charge is 0.378 e. The molecule has 0 radical (unpaired) electrons. The second-order valence-electron chi connectivity index (χ2n) is 4.35. The molecule has 14 heavy (non-hydrogen) atoms. The Kier molecular flexibility index (Phi) is 2.46. The molecule has 76 valence electrons. The first kappa shape index (κ1) is 9.53. The van der Waals surface area contributed by atoms with E-state index >= 15 is 0 Å². The molecule has 2 heteroatoms. The molecule has 1 aliphatic carbocycles. The van der Waals surface area contributed by atoms with Gasteiger partial charge in [-0.3, -0.25) is 0 Å². The Labute approximate surface area is 85.7 Å². The van der Waals surface area contributed by atoms with Crippen LogP contribution in [0, 0.1) is 5.92 Å². The number of hydrogen-bond acceptors (Lipinski definition) is 2. The van der Waals surface area contributed by atoms with Crippen molar-refractivity contribution in [2.45, 2.75) is 18.9 Å². The van der Waals surface area contributed by atoms with Crippen LogP contribution in [0.15, 0.2) is 24.3 Å². The lowest BCUT2D eigenvalue weighted by atomic mass is 10.0. The molecule has 0 bridgehead atoms. The van der Waals surface area contributed by atoms with E-state index in [4.69, 9.17) is 5.73 Å². The van der Waals surface area contributed by atoms with Gasteiger partial charge in [0.05, 0.1) is 0 Å².